The molecule has 0 atom stereocenters. The Bertz CT molecular complexity index is 1260. The van der Waals surface area contributed by atoms with Crippen molar-refractivity contribution in [2.45, 2.75) is 18.9 Å². The SMILES string of the molecule is Nc1cc(-n2cc(C(=O)O)c(=O)c3cc(F)c(NC4CC4)c(Cl)c32)c(F)cc1F. The number of benzene rings is 2. The summed E-state index contributed by atoms with van der Waals surface area (Å²) in [7, 11) is 0. The van der Waals surface area contributed by atoms with Crippen molar-refractivity contribution in [1.29, 1.82) is 0 Å². The fourth-order valence-electron chi connectivity index (χ4n) is 3.06. The van der Waals surface area contributed by atoms with Gasteiger partial charge in [-0.05, 0) is 25.0 Å². The molecule has 0 aliphatic heterocycles. The van der Waals surface area contributed by atoms with E-state index in [1.54, 1.807) is 0 Å². The number of pyridine rings is 1. The summed E-state index contributed by atoms with van der Waals surface area (Å²) in [4.78, 5) is 24.1. The van der Waals surface area contributed by atoms with Crippen molar-refractivity contribution in [1.82, 2.24) is 4.57 Å². The Morgan fingerprint density at radius 1 is 1.17 bits per heavy atom. The van der Waals surface area contributed by atoms with Gasteiger partial charge in [0.2, 0.25) is 5.43 Å². The van der Waals surface area contributed by atoms with E-state index >= 15 is 0 Å². The van der Waals surface area contributed by atoms with Crippen LogP contribution < -0.4 is 16.5 Å². The maximum atomic E-state index is 14.6. The van der Waals surface area contributed by atoms with Gasteiger partial charge in [-0.2, -0.15) is 0 Å². The molecule has 2 aromatic carbocycles. The highest BCUT2D eigenvalue weighted by molar-refractivity contribution is 6.38. The van der Waals surface area contributed by atoms with Gasteiger partial charge in [0.15, 0.2) is 0 Å². The van der Waals surface area contributed by atoms with E-state index in [4.69, 9.17) is 17.3 Å². The summed E-state index contributed by atoms with van der Waals surface area (Å²) >= 11 is 6.36. The van der Waals surface area contributed by atoms with Gasteiger partial charge in [0, 0.05) is 18.3 Å². The Balaban J connectivity index is 2.14. The molecule has 10 heteroatoms. The third kappa shape index (κ3) is 3.17. The average Bonchev–Trinajstić information content (AvgIpc) is 3.46. The molecule has 0 spiro atoms. The fraction of sp³-hybridized carbons (Fsp3) is 0.158. The van der Waals surface area contributed by atoms with Crippen LogP contribution in [-0.2, 0) is 0 Å². The molecule has 0 saturated heterocycles. The first kappa shape index (κ1) is 19.1. The third-order valence-electron chi connectivity index (χ3n) is 4.66. The van der Waals surface area contributed by atoms with Gasteiger partial charge < -0.3 is 20.7 Å². The van der Waals surface area contributed by atoms with Crippen LogP contribution in [0.2, 0.25) is 5.02 Å². The predicted molar refractivity (Wildman–Crippen MR) is 102 cm³/mol. The summed E-state index contributed by atoms with van der Waals surface area (Å²) in [5.74, 6) is -4.53. The quantitative estimate of drug-likeness (QED) is 0.553. The molecule has 3 aromatic rings. The molecule has 1 aromatic heterocycles. The number of carboxylic acid groups (broad SMARTS) is 1. The second-order valence-electron chi connectivity index (χ2n) is 6.73. The third-order valence-corrected chi connectivity index (χ3v) is 5.03. The molecule has 1 heterocycles. The van der Waals surface area contributed by atoms with Crippen LogP contribution >= 0.6 is 11.6 Å². The standard InChI is InChI=1S/C19H13ClF3N3O3/c20-15-16(25-7-1-2-7)12(23)3-8-17(15)26(6-9(18(8)27)19(28)29)14-5-13(24)10(21)4-11(14)22/h3-7,25H,1-2,24H2,(H,28,29). The molecule has 4 N–H and O–H groups in total. The van der Waals surface area contributed by atoms with E-state index < -0.39 is 40.1 Å². The summed E-state index contributed by atoms with van der Waals surface area (Å²) in [6, 6.07) is 2.32. The zero-order valence-corrected chi connectivity index (χ0v) is 15.4. The Labute approximate surface area is 166 Å². The topological polar surface area (TPSA) is 97.3 Å². The lowest BCUT2D eigenvalue weighted by atomic mass is 10.1. The van der Waals surface area contributed by atoms with Gasteiger partial charge in [-0.3, -0.25) is 4.79 Å². The van der Waals surface area contributed by atoms with Crippen LogP contribution in [0, 0.1) is 17.5 Å². The van der Waals surface area contributed by atoms with E-state index in [2.05, 4.69) is 5.32 Å². The highest BCUT2D eigenvalue weighted by Gasteiger charge is 2.27. The second-order valence-corrected chi connectivity index (χ2v) is 7.11. The van der Waals surface area contributed by atoms with Gasteiger partial charge in [0.1, 0.15) is 23.0 Å². The number of hydrogen-bond acceptors (Lipinski definition) is 4. The molecule has 0 bridgehead atoms. The number of halogens is 4. The van der Waals surface area contributed by atoms with Gasteiger partial charge in [0.05, 0.1) is 33.0 Å². The first-order valence-electron chi connectivity index (χ1n) is 8.51. The van der Waals surface area contributed by atoms with E-state index in [1.807, 2.05) is 0 Å². The molecule has 4 rings (SSSR count). The predicted octanol–water partition coefficient (Wildman–Crippen LogP) is 3.92. The summed E-state index contributed by atoms with van der Waals surface area (Å²) < 4.78 is 43.7. The summed E-state index contributed by atoms with van der Waals surface area (Å²) in [5.41, 5.74) is 2.83. The zero-order valence-electron chi connectivity index (χ0n) is 14.6. The van der Waals surface area contributed by atoms with E-state index in [0.29, 0.717) is 6.07 Å². The maximum Gasteiger partial charge on any atom is 0.341 e. The molecule has 150 valence electrons. The van der Waals surface area contributed by atoms with Crippen LogP contribution in [0.5, 0.6) is 0 Å². The Kier molecular flexibility index (Phi) is 4.42. The van der Waals surface area contributed by atoms with Gasteiger partial charge in [-0.1, -0.05) is 11.6 Å². The minimum atomic E-state index is -1.60. The number of anilines is 2. The number of hydrogen-bond donors (Lipinski definition) is 3. The first-order chi connectivity index (χ1) is 13.7. The average molecular weight is 424 g/mol. The molecule has 0 radical (unpaired) electrons. The number of carbonyl (C=O) groups is 1. The highest BCUT2D eigenvalue weighted by Crippen LogP contribution is 2.37. The number of carboxylic acids is 1. The molecule has 29 heavy (non-hydrogen) atoms. The molecule has 1 fully saturated rings. The van der Waals surface area contributed by atoms with Crippen LogP contribution in [0.1, 0.15) is 23.2 Å². The molecule has 1 aliphatic rings. The summed E-state index contributed by atoms with van der Waals surface area (Å²) in [5, 5.41) is 11.7. The minimum Gasteiger partial charge on any atom is -0.477 e. The zero-order chi connectivity index (χ0) is 21.0. The number of nitrogens with two attached hydrogens (primary N) is 1. The van der Waals surface area contributed by atoms with Gasteiger partial charge in [-0.15, -0.1) is 0 Å². The van der Waals surface area contributed by atoms with Crippen molar-refractivity contribution in [2.24, 2.45) is 0 Å². The molecule has 1 aliphatic carbocycles. The van der Waals surface area contributed by atoms with E-state index in [0.717, 1.165) is 35.7 Å². The minimum absolute atomic E-state index is 0.0103. The lowest BCUT2D eigenvalue weighted by Gasteiger charge is -2.18. The second kappa shape index (κ2) is 6.70. The normalized spacial score (nSPS) is 13.7. The molecule has 6 nitrogen and oxygen atoms in total. The molecule has 0 unspecified atom stereocenters. The van der Waals surface area contributed by atoms with Crippen LogP contribution in [0.3, 0.4) is 0 Å². The summed E-state index contributed by atoms with van der Waals surface area (Å²) in [6.45, 7) is 0. The van der Waals surface area contributed by atoms with Crippen molar-refractivity contribution < 1.29 is 23.1 Å². The number of nitrogens with one attached hydrogen (secondary N) is 1. The lowest BCUT2D eigenvalue weighted by molar-refractivity contribution is 0.0695. The van der Waals surface area contributed by atoms with Crippen molar-refractivity contribution in [2.75, 3.05) is 11.1 Å². The molecule has 0 amide bonds. The van der Waals surface area contributed by atoms with Gasteiger partial charge >= 0.3 is 5.97 Å². The summed E-state index contributed by atoms with van der Waals surface area (Å²) in [6.07, 6.45) is 2.47. The van der Waals surface area contributed by atoms with Crippen LogP contribution in [-0.4, -0.2) is 21.7 Å². The smallest absolute Gasteiger partial charge is 0.341 e. The highest BCUT2D eigenvalue weighted by atomic mass is 35.5. The Hall–Kier alpha value is -3.20. The number of rotatable bonds is 4. The van der Waals surface area contributed by atoms with Crippen molar-refractivity contribution >= 4 is 39.8 Å². The first-order valence-corrected chi connectivity index (χ1v) is 8.89. The monoisotopic (exact) mass is 423 g/mol. The largest absolute Gasteiger partial charge is 0.477 e. The molecular formula is C19H13ClF3N3O3. The Morgan fingerprint density at radius 3 is 2.48 bits per heavy atom. The van der Waals surface area contributed by atoms with Gasteiger partial charge in [0.25, 0.3) is 0 Å². The van der Waals surface area contributed by atoms with Crippen molar-refractivity contribution in [3.8, 4) is 5.69 Å². The van der Waals surface area contributed by atoms with Crippen molar-refractivity contribution in [3.05, 3.63) is 62.7 Å². The molecular weight excluding hydrogens is 411 g/mol. The van der Waals surface area contributed by atoms with Gasteiger partial charge in [-0.25, -0.2) is 18.0 Å². The van der Waals surface area contributed by atoms with Crippen LogP contribution in [0.4, 0.5) is 24.5 Å². The van der Waals surface area contributed by atoms with E-state index in [9.17, 15) is 27.9 Å². The van der Waals surface area contributed by atoms with Crippen LogP contribution in [0.15, 0.2) is 29.2 Å². The maximum absolute atomic E-state index is 14.6. The lowest BCUT2D eigenvalue weighted by Crippen LogP contribution is -2.20. The fourth-order valence-corrected chi connectivity index (χ4v) is 3.40. The number of fused-ring (bicyclic) bond motifs is 1. The molecule has 1 saturated carbocycles. The van der Waals surface area contributed by atoms with Crippen molar-refractivity contribution in [3.63, 3.8) is 0 Å². The Morgan fingerprint density at radius 2 is 1.86 bits per heavy atom. The number of aromatic carboxylic acids is 1. The van der Waals surface area contributed by atoms with Crippen LogP contribution in [0.25, 0.3) is 16.6 Å². The number of nitrogen functional groups attached to an aromatic ring is 1. The number of nitrogens with zero attached hydrogens (tertiary/aromatic N) is 1. The van der Waals surface area contributed by atoms with E-state index in [1.165, 1.54) is 0 Å². The number of aromatic nitrogens is 1. The van der Waals surface area contributed by atoms with E-state index in [-0.39, 0.29) is 33.3 Å².